The Labute approximate surface area is 482 Å². The second-order valence-corrected chi connectivity index (χ2v) is 20.4. The van der Waals surface area contributed by atoms with Gasteiger partial charge in [-0.05, 0) is 159 Å². The normalized spacial score (nSPS) is 14.6. The summed E-state index contributed by atoms with van der Waals surface area (Å²) in [4.78, 5) is 8.13. The number of oxazole rings is 1. The number of aromatic nitrogens is 2. The van der Waals surface area contributed by atoms with Crippen LogP contribution in [-0.4, -0.2) is 36.3 Å². The predicted octanol–water partition coefficient (Wildman–Crippen LogP) is 17.9. The number of para-hydroxylation sites is 6. The molecule has 6 aliphatic rings. The van der Waals surface area contributed by atoms with E-state index in [4.69, 9.17) is 35.0 Å². The van der Waals surface area contributed by atoms with Crippen molar-refractivity contribution in [1.29, 1.82) is 0 Å². The molecule has 0 amide bonds. The van der Waals surface area contributed by atoms with Crippen LogP contribution in [0.5, 0.6) is 34.5 Å². The van der Waals surface area contributed by atoms with Crippen LogP contribution in [0.3, 0.4) is 0 Å². The Morgan fingerprint density at radius 2 is 0.827 bits per heavy atom. The maximum atomic E-state index is 12.3. The van der Waals surface area contributed by atoms with E-state index in [1.807, 2.05) is 72.2 Å². The monoisotopic (exact) mass is 1130 g/mol. The number of rotatable bonds is 1. The van der Waals surface area contributed by atoms with Crippen LogP contribution in [0.15, 0.2) is 216 Å². The van der Waals surface area contributed by atoms with Crippen molar-refractivity contribution in [3.63, 3.8) is 0 Å². The quantitative estimate of drug-likeness (QED) is 0.149. The van der Waals surface area contributed by atoms with Gasteiger partial charge in [0.15, 0.2) is 46.5 Å². The van der Waals surface area contributed by atoms with Gasteiger partial charge >= 0.3 is 6.29 Å². The Hall–Kier alpha value is -8.19. The van der Waals surface area contributed by atoms with Crippen molar-refractivity contribution in [1.82, 2.24) is 9.97 Å². The van der Waals surface area contributed by atoms with Gasteiger partial charge in [0.05, 0.1) is 11.2 Å². The number of hydrogen-bond acceptors (Lipinski definition) is 10. The van der Waals surface area contributed by atoms with Crippen molar-refractivity contribution in [2.75, 3.05) is 20.0 Å². The van der Waals surface area contributed by atoms with Gasteiger partial charge in [-0.15, -0.1) is 20.1 Å². The van der Waals surface area contributed by atoms with Crippen LogP contribution in [0.4, 0.5) is 8.78 Å². The smallest absolute Gasteiger partial charge is 0.486 e. The number of ether oxygens (including phenoxy) is 6. The van der Waals surface area contributed by atoms with Crippen LogP contribution < -0.4 is 28.4 Å². The highest BCUT2D eigenvalue weighted by Crippen LogP contribution is 2.40. The number of aryl methyl sites for hydroxylation is 6. The van der Waals surface area contributed by atoms with E-state index in [2.05, 4.69) is 110 Å². The van der Waals surface area contributed by atoms with Crippen LogP contribution in [0.2, 0.25) is 5.02 Å². The molecule has 5 heterocycles. The van der Waals surface area contributed by atoms with E-state index >= 15 is 0 Å². The summed E-state index contributed by atoms with van der Waals surface area (Å²) in [6.45, 7) is 1.69. The van der Waals surface area contributed by atoms with Crippen molar-refractivity contribution in [3.05, 3.63) is 250 Å². The molecule has 0 unspecified atom stereocenters. The van der Waals surface area contributed by atoms with E-state index in [1.165, 1.54) is 101 Å². The average Bonchev–Trinajstić information content (AvgIpc) is 4.40. The minimum Gasteiger partial charge on any atom is -0.486 e. The maximum Gasteiger partial charge on any atom is 0.586 e. The summed E-state index contributed by atoms with van der Waals surface area (Å²) in [6.07, 6.45) is 14.0. The third-order valence-corrected chi connectivity index (χ3v) is 14.4. The van der Waals surface area contributed by atoms with Gasteiger partial charge in [0.2, 0.25) is 6.79 Å². The SMILES string of the molecule is Clc1ccc2ocnc2c1.FC1(F)Oc2ccccc2O1.c1ccc(-c2cscn2)cc1.c1ccc2c(c1)CCC2.c1ccc2c(c1)CCCC2.c1ccc2c(c1)CCCCC2.c1ccc2c(c1)OCCO2.c1ccc2c(c1)OCO2. The summed E-state index contributed by atoms with van der Waals surface area (Å²) in [5, 5.41) is 2.73. The summed E-state index contributed by atoms with van der Waals surface area (Å²) in [7, 11) is 0. The molecular formula is C68H65ClF2N2O7S. The van der Waals surface area contributed by atoms with E-state index in [-0.39, 0.29) is 11.5 Å². The van der Waals surface area contributed by atoms with Gasteiger partial charge < -0.3 is 32.8 Å². The van der Waals surface area contributed by atoms with Crippen molar-refractivity contribution in [3.8, 4) is 45.8 Å². The van der Waals surface area contributed by atoms with Gasteiger partial charge in [-0.1, -0.05) is 158 Å². The van der Waals surface area contributed by atoms with Crippen molar-refractivity contribution in [2.45, 2.75) is 83.3 Å². The van der Waals surface area contributed by atoms with Crippen LogP contribution in [0, 0.1) is 0 Å². The third kappa shape index (κ3) is 17.9. The van der Waals surface area contributed by atoms with E-state index in [1.54, 1.807) is 75.0 Å². The zero-order valence-corrected chi connectivity index (χ0v) is 46.7. The highest BCUT2D eigenvalue weighted by atomic mass is 35.5. The third-order valence-electron chi connectivity index (χ3n) is 13.6. The van der Waals surface area contributed by atoms with Crippen molar-refractivity contribution < 1.29 is 41.6 Å². The molecule has 10 aromatic rings. The molecule has 0 saturated carbocycles. The van der Waals surface area contributed by atoms with Gasteiger partial charge in [0, 0.05) is 16.0 Å². The second-order valence-electron chi connectivity index (χ2n) is 19.2. The molecule has 3 aliphatic carbocycles. The largest absolute Gasteiger partial charge is 0.586 e. The number of thiazole rings is 1. The number of nitrogens with zero attached hydrogens (tertiary/aromatic N) is 2. The Bertz CT molecular complexity index is 3220. The lowest BCUT2D eigenvalue weighted by Crippen LogP contribution is -2.25. The molecule has 9 nitrogen and oxygen atoms in total. The minimum absolute atomic E-state index is 0.0810. The number of benzene rings is 8. The Balaban J connectivity index is 0.000000112. The lowest BCUT2D eigenvalue weighted by Gasteiger charge is -2.17. The zero-order valence-electron chi connectivity index (χ0n) is 45.1. The summed E-state index contributed by atoms with van der Waals surface area (Å²) in [5.41, 5.74) is 15.1. The van der Waals surface area contributed by atoms with E-state index < -0.39 is 6.29 Å². The van der Waals surface area contributed by atoms with Crippen LogP contribution in [0.1, 0.15) is 71.9 Å². The Morgan fingerprint density at radius 3 is 1.28 bits per heavy atom. The van der Waals surface area contributed by atoms with Gasteiger partial charge in [0.25, 0.3) is 0 Å². The van der Waals surface area contributed by atoms with Gasteiger partial charge in [-0.2, -0.15) is 0 Å². The molecule has 0 fully saturated rings. The summed E-state index contributed by atoms with van der Waals surface area (Å²) < 4.78 is 58.6. The molecule has 2 aromatic heterocycles. The molecule has 81 heavy (non-hydrogen) atoms. The van der Waals surface area contributed by atoms with Crippen LogP contribution >= 0.6 is 22.9 Å². The minimum atomic E-state index is -3.50. The Morgan fingerprint density at radius 1 is 0.420 bits per heavy atom. The summed E-state index contributed by atoms with van der Waals surface area (Å²) in [5.74, 6) is 3.56. The van der Waals surface area contributed by atoms with Crippen molar-refractivity contribution in [2.24, 2.45) is 0 Å². The number of halogens is 3. The first kappa shape index (κ1) is 57.5. The fourth-order valence-corrected chi connectivity index (χ4v) is 10.3. The maximum absolute atomic E-state index is 12.3. The van der Waals surface area contributed by atoms with Crippen molar-refractivity contribution >= 4 is 34.0 Å². The highest BCUT2D eigenvalue weighted by Gasteiger charge is 2.43. The van der Waals surface area contributed by atoms with Gasteiger partial charge in [0.1, 0.15) is 18.7 Å². The standard InChI is InChI=1S/C11H14.C10H12.C9H7NS.C9H10.C8H8O2.C7H4ClNO.C7H4F2O2.C7H6O2/c1-2-6-10-8-4-5-9-11(10)7-3-1;1-2-6-10-8-4-3-7-9(10)5-1;1-2-4-8(5-3-1)9-6-11-7-10-9;1-2-5-9-7-3-6-8(9)4-1;1-2-4-8-7(3-1)9-5-6-10-8;8-5-1-2-7-6(3-5)9-4-10-7;8-7(9)10-5-3-1-2-4-6(5)11-7;1-2-4-7-6(3-1)8-5-9-7/h4-5,8-9H,1-3,6-7H2;1-2,5-6H,3-4,7-8H2;1-7H;1-2,4-5H,3,6-7H2;1-4H,5-6H2;1-4H;1-4H;1-4H,5H2. The second kappa shape index (κ2) is 30.4. The number of alkyl halides is 2. The molecule has 416 valence electrons. The van der Waals surface area contributed by atoms with Crippen LogP contribution in [-0.2, 0) is 38.5 Å². The molecule has 16 rings (SSSR count). The number of hydrogen-bond donors (Lipinski definition) is 0. The number of fused-ring (bicyclic) bond motifs is 7. The lowest BCUT2D eigenvalue weighted by molar-refractivity contribution is -0.286. The first-order valence-corrected chi connectivity index (χ1v) is 28.8. The van der Waals surface area contributed by atoms with Gasteiger partial charge in [-0.3, -0.25) is 0 Å². The molecule has 0 spiro atoms. The predicted molar refractivity (Wildman–Crippen MR) is 318 cm³/mol. The fourth-order valence-electron chi connectivity index (χ4n) is 9.57. The Kier molecular flexibility index (Phi) is 21.6. The van der Waals surface area contributed by atoms with Gasteiger partial charge in [-0.25, -0.2) is 9.97 Å². The molecule has 0 radical (unpaired) electrons. The molecule has 0 atom stereocenters. The van der Waals surface area contributed by atoms with Crippen LogP contribution in [0.25, 0.3) is 22.4 Å². The topological polar surface area (TPSA) is 94.3 Å². The molecule has 0 bridgehead atoms. The molecule has 8 aromatic carbocycles. The summed E-state index contributed by atoms with van der Waals surface area (Å²) >= 11 is 7.32. The molecular weight excluding hydrogens is 1060 g/mol. The van der Waals surface area contributed by atoms with E-state index in [9.17, 15) is 8.78 Å². The average molecular weight is 1130 g/mol. The van der Waals surface area contributed by atoms with E-state index in [0.717, 1.165) is 39.8 Å². The lowest BCUT2D eigenvalue weighted by atomic mass is 9.92. The van der Waals surface area contributed by atoms with E-state index in [0.29, 0.717) is 25.0 Å². The molecule has 0 saturated heterocycles. The highest BCUT2D eigenvalue weighted by molar-refractivity contribution is 7.07. The zero-order chi connectivity index (χ0) is 55.7. The molecule has 3 aliphatic heterocycles. The fraction of sp³-hybridized carbons (Fsp3) is 0.235. The molecule has 13 heteroatoms. The first-order valence-electron chi connectivity index (χ1n) is 27.5. The molecule has 0 N–H and O–H groups in total. The summed E-state index contributed by atoms with van der Waals surface area (Å²) in [6, 6.07) is 63.3. The first-order chi connectivity index (χ1) is 39.8.